The van der Waals surface area contributed by atoms with Gasteiger partial charge in [0.25, 0.3) is 0 Å². The number of fused-ring (bicyclic) bond motifs is 1. The van der Waals surface area contributed by atoms with Crippen molar-refractivity contribution in [3.63, 3.8) is 0 Å². The van der Waals surface area contributed by atoms with E-state index >= 15 is 0 Å². The molecule has 0 saturated heterocycles. The molecule has 3 aromatic carbocycles. The molecule has 1 amide bonds. The Morgan fingerprint density at radius 1 is 1.12 bits per heavy atom. The third-order valence-corrected chi connectivity index (χ3v) is 7.08. The van der Waals surface area contributed by atoms with Crippen LogP contribution in [0.4, 0.5) is 24.5 Å². The second-order valence-electron chi connectivity index (χ2n) is 6.86. The monoisotopic (exact) mass is 549 g/mol. The lowest BCUT2D eigenvalue weighted by atomic mass is 10.2. The summed E-state index contributed by atoms with van der Waals surface area (Å²) >= 11 is 6.06. The summed E-state index contributed by atoms with van der Waals surface area (Å²) in [5.74, 6) is -0.372. The predicted molar refractivity (Wildman–Crippen MR) is 132 cm³/mol. The number of amides is 1. The lowest BCUT2D eigenvalue weighted by Crippen LogP contribution is -2.14. The molecular weight excluding hydrogens is 535 g/mol. The lowest BCUT2D eigenvalue weighted by Gasteiger charge is -2.09. The van der Waals surface area contributed by atoms with Gasteiger partial charge in [0, 0.05) is 16.4 Å². The van der Waals surface area contributed by atoms with Gasteiger partial charge in [0.05, 0.1) is 27.2 Å². The molecule has 0 bridgehead atoms. The number of anilines is 1. The number of hydrogen-bond donors (Lipinski definition) is 1. The number of hydrogen-bond acceptors (Lipinski definition) is 5. The zero-order valence-electron chi connectivity index (χ0n) is 16.8. The fourth-order valence-electron chi connectivity index (χ4n) is 2.83. The summed E-state index contributed by atoms with van der Waals surface area (Å²) in [6, 6.07) is 18.0. The van der Waals surface area contributed by atoms with Gasteiger partial charge in [-0.1, -0.05) is 45.9 Å². The molecule has 0 radical (unpaired) electrons. The van der Waals surface area contributed by atoms with Crippen molar-refractivity contribution in [2.45, 2.75) is 10.5 Å². The number of aromatic nitrogens is 1. The maximum absolute atomic E-state index is 12.8. The average Bonchev–Trinajstić information content (AvgIpc) is 3.19. The van der Waals surface area contributed by atoms with Gasteiger partial charge in [-0.25, -0.2) is 4.98 Å². The highest BCUT2D eigenvalue weighted by Crippen LogP contribution is 2.33. The van der Waals surface area contributed by atoms with E-state index in [0.29, 0.717) is 4.34 Å². The fraction of sp³-hybridized carbons (Fsp3) is 0.0870. The van der Waals surface area contributed by atoms with Gasteiger partial charge in [0.15, 0.2) is 4.34 Å². The molecule has 0 atom stereocenters. The highest BCUT2D eigenvalue weighted by atomic mass is 79.9. The minimum Gasteiger partial charge on any atom is -0.325 e. The standard InChI is InChI=1S/C23H15BrF3N3OS2/c24-16-6-4-14(5-7-16)12-28-17-8-9-19-20(11-17)33-22(30-19)32-13-21(31)29-18-3-1-2-15(10-18)23(25,26)27/h1-12H,13H2,(H,29,31). The molecule has 10 heteroatoms. The smallest absolute Gasteiger partial charge is 0.325 e. The van der Waals surface area contributed by atoms with Crippen LogP contribution in [0, 0.1) is 0 Å². The first-order valence-electron chi connectivity index (χ1n) is 9.56. The van der Waals surface area contributed by atoms with Gasteiger partial charge in [-0.05, 0) is 54.1 Å². The van der Waals surface area contributed by atoms with Crippen molar-refractivity contribution >= 4 is 72.7 Å². The van der Waals surface area contributed by atoms with E-state index in [1.807, 2.05) is 42.5 Å². The lowest BCUT2D eigenvalue weighted by molar-refractivity contribution is -0.137. The van der Waals surface area contributed by atoms with Gasteiger partial charge < -0.3 is 5.32 Å². The van der Waals surface area contributed by atoms with Crippen molar-refractivity contribution in [2.24, 2.45) is 4.99 Å². The molecule has 4 aromatic rings. The SMILES string of the molecule is O=C(CSc1nc2ccc(N=Cc3ccc(Br)cc3)cc2s1)Nc1cccc(C(F)(F)F)c1. The summed E-state index contributed by atoms with van der Waals surface area (Å²) in [5.41, 5.74) is 1.85. The Bertz CT molecular complexity index is 1320. The molecule has 0 unspecified atom stereocenters. The topological polar surface area (TPSA) is 54.4 Å². The third kappa shape index (κ3) is 6.43. The van der Waals surface area contributed by atoms with E-state index < -0.39 is 17.6 Å². The summed E-state index contributed by atoms with van der Waals surface area (Å²) in [6.07, 6.45) is -2.68. The number of aliphatic imine (C=N–C) groups is 1. The largest absolute Gasteiger partial charge is 0.416 e. The van der Waals surface area contributed by atoms with Crippen LogP contribution in [0.5, 0.6) is 0 Å². The number of carbonyl (C=O) groups is 1. The number of thioether (sulfide) groups is 1. The normalized spacial score (nSPS) is 11.9. The van der Waals surface area contributed by atoms with Gasteiger partial charge in [-0.3, -0.25) is 9.79 Å². The van der Waals surface area contributed by atoms with Crippen molar-refractivity contribution in [3.05, 3.63) is 82.3 Å². The van der Waals surface area contributed by atoms with Crippen LogP contribution in [0.25, 0.3) is 10.2 Å². The number of thiazole rings is 1. The molecule has 168 valence electrons. The van der Waals surface area contributed by atoms with E-state index in [2.05, 4.69) is 31.2 Å². The zero-order valence-corrected chi connectivity index (χ0v) is 20.0. The first-order valence-corrected chi connectivity index (χ1v) is 12.2. The third-order valence-electron chi connectivity index (χ3n) is 4.39. The molecule has 4 rings (SSSR count). The second kappa shape index (κ2) is 10.1. The van der Waals surface area contributed by atoms with Crippen molar-refractivity contribution < 1.29 is 18.0 Å². The first-order chi connectivity index (χ1) is 15.8. The molecule has 0 aliphatic carbocycles. The van der Waals surface area contributed by atoms with Gasteiger partial charge in [0.2, 0.25) is 5.91 Å². The molecular formula is C23H15BrF3N3OS2. The number of nitrogens with one attached hydrogen (secondary N) is 1. The molecule has 1 N–H and O–H groups in total. The van der Waals surface area contributed by atoms with Crippen molar-refractivity contribution in [1.29, 1.82) is 0 Å². The van der Waals surface area contributed by atoms with E-state index in [9.17, 15) is 18.0 Å². The Kier molecular flexibility index (Phi) is 7.16. The number of carbonyl (C=O) groups excluding carboxylic acids is 1. The van der Waals surface area contributed by atoms with Gasteiger partial charge in [0.1, 0.15) is 0 Å². The predicted octanol–water partition coefficient (Wildman–Crippen LogP) is 7.56. The number of alkyl halides is 3. The number of benzene rings is 3. The Morgan fingerprint density at radius 2 is 1.91 bits per heavy atom. The molecule has 1 heterocycles. The summed E-state index contributed by atoms with van der Waals surface area (Å²) in [5, 5.41) is 2.50. The quantitative estimate of drug-likeness (QED) is 0.199. The minimum atomic E-state index is -4.46. The average molecular weight is 550 g/mol. The number of halogens is 4. The van der Waals surface area contributed by atoms with Crippen LogP contribution in [0.1, 0.15) is 11.1 Å². The minimum absolute atomic E-state index is 0.0324. The Balaban J connectivity index is 1.38. The van der Waals surface area contributed by atoms with Crippen LogP contribution in [-0.2, 0) is 11.0 Å². The van der Waals surface area contributed by atoms with Crippen LogP contribution < -0.4 is 5.32 Å². The molecule has 4 nitrogen and oxygen atoms in total. The zero-order chi connectivity index (χ0) is 23.4. The van der Waals surface area contributed by atoms with E-state index in [4.69, 9.17) is 0 Å². The van der Waals surface area contributed by atoms with Gasteiger partial charge in [-0.2, -0.15) is 13.2 Å². The van der Waals surface area contributed by atoms with E-state index in [1.54, 1.807) is 6.21 Å². The summed E-state index contributed by atoms with van der Waals surface area (Å²) in [6.45, 7) is 0. The molecule has 0 saturated carbocycles. The maximum atomic E-state index is 12.8. The molecule has 0 fully saturated rings. The maximum Gasteiger partial charge on any atom is 0.416 e. The Hall–Kier alpha value is -2.69. The van der Waals surface area contributed by atoms with E-state index in [1.165, 1.54) is 35.2 Å². The highest BCUT2D eigenvalue weighted by Gasteiger charge is 2.30. The molecule has 1 aromatic heterocycles. The van der Waals surface area contributed by atoms with Crippen LogP contribution in [0.15, 0.2) is 80.5 Å². The molecule has 0 aliphatic rings. The van der Waals surface area contributed by atoms with E-state index in [-0.39, 0.29) is 11.4 Å². The van der Waals surface area contributed by atoms with Crippen molar-refractivity contribution in [1.82, 2.24) is 4.98 Å². The molecule has 0 aliphatic heterocycles. The van der Waals surface area contributed by atoms with E-state index in [0.717, 1.165) is 38.1 Å². The molecule has 0 spiro atoms. The number of nitrogens with zero attached hydrogens (tertiary/aromatic N) is 2. The Labute approximate surface area is 204 Å². The van der Waals surface area contributed by atoms with Gasteiger partial charge >= 0.3 is 6.18 Å². The van der Waals surface area contributed by atoms with Crippen molar-refractivity contribution in [3.8, 4) is 0 Å². The van der Waals surface area contributed by atoms with Crippen LogP contribution in [-0.4, -0.2) is 22.9 Å². The molecule has 33 heavy (non-hydrogen) atoms. The Morgan fingerprint density at radius 3 is 2.67 bits per heavy atom. The van der Waals surface area contributed by atoms with Crippen molar-refractivity contribution in [2.75, 3.05) is 11.1 Å². The fourth-order valence-corrected chi connectivity index (χ4v) is 5.00. The van der Waals surface area contributed by atoms with Crippen LogP contribution in [0.2, 0.25) is 0 Å². The van der Waals surface area contributed by atoms with Gasteiger partial charge in [-0.15, -0.1) is 11.3 Å². The van der Waals surface area contributed by atoms with Crippen LogP contribution >= 0.6 is 39.0 Å². The first kappa shape index (κ1) is 23.5. The summed E-state index contributed by atoms with van der Waals surface area (Å²) in [4.78, 5) is 21.2. The highest BCUT2D eigenvalue weighted by molar-refractivity contribution is 9.10. The summed E-state index contributed by atoms with van der Waals surface area (Å²) < 4.78 is 41.1. The number of rotatable bonds is 6. The van der Waals surface area contributed by atoms with Crippen LogP contribution in [0.3, 0.4) is 0 Å². The summed E-state index contributed by atoms with van der Waals surface area (Å²) in [7, 11) is 0. The second-order valence-corrected chi connectivity index (χ2v) is 10.0.